The molecular formula is C16H12N2O9. The molecule has 0 bridgehead atoms. The largest absolute Gasteiger partial charge is 0.508 e. The maximum Gasteiger partial charge on any atom is 0.354 e. The van der Waals surface area contributed by atoms with Gasteiger partial charge in [0, 0.05) is 5.56 Å². The van der Waals surface area contributed by atoms with E-state index in [1.807, 2.05) is 5.32 Å². The number of aromatic hydroxyl groups is 2. The molecule has 0 atom stereocenters. The second kappa shape index (κ2) is 7.39. The molecule has 0 saturated carbocycles. The van der Waals surface area contributed by atoms with E-state index in [4.69, 9.17) is 15.3 Å². The molecule has 0 aliphatic heterocycles. The Morgan fingerprint density at radius 1 is 0.926 bits per heavy atom. The number of rotatable bonds is 6. The Balaban J connectivity index is 2.47. The van der Waals surface area contributed by atoms with Crippen LogP contribution in [-0.2, 0) is 11.2 Å². The summed E-state index contributed by atoms with van der Waals surface area (Å²) in [4.78, 5) is 48.9. The van der Waals surface area contributed by atoms with Gasteiger partial charge >= 0.3 is 17.9 Å². The van der Waals surface area contributed by atoms with Gasteiger partial charge in [-0.1, -0.05) is 0 Å². The monoisotopic (exact) mass is 376 g/mol. The number of benzene rings is 1. The maximum atomic E-state index is 12.4. The van der Waals surface area contributed by atoms with Crippen molar-refractivity contribution in [2.24, 2.45) is 0 Å². The number of aliphatic carboxylic acids is 1. The zero-order valence-corrected chi connectivity index (χ0v) is 13.3. The van der Waals surface area contributed by atoms with Gasteiger partial charge in [0.1, 0.15) is 22.9 Å². The zero-order valence-electron chi connectivity index (χ0n) is 13.3. The highest BCUT2D eigenvalue weighted by Gasteiger charge is 2.22. The second-order valence-electron chi connectivity index (χ2n) is 5.23. The van der Waals surface area contributed by atoms with Crippen molar-refractivity contribution in [2.45, 2.75) is 6.42 Å². The number of pyridine rings is 1. The topological polar surface area (TPSA) is 194 Å². The van der Waals surface area contributed by atoms with Gasteiger partial charge in [0.05, 0.1) is 12.0 Å². The molecule has 0 aliphatic carbocycles. The number of hydrogen-bond donors (Lipinski definition) is 6. The third kappa shape index (κ3) is 4.28. The van der Waals surface area contributed by atoms with Crippen LogP contribution in [0.25, 0.3) is 0 Å². The Hall–Kier alpha value is -4.15. The third-order valence-electron chi connectivity index (χ3n) is 3.34. The van der Waals surface area contributed by atoms with Crippen LogP contribution >= 0.6 is 0 Å². The number of nitrogens with zero attached hydrogens (tertiary/aromatic N) is 1. The molecule has 0 unspecified atom stereocenters. The molecule has 0 radical (unpaired) electrons. The Morgan fingerprint density at radius 2 is 1.59 bits per heavy atom. The van der Waals surface area contributed by atoms with Gasteiger partial charge in [-0.3, -0.25) is 9.59 Å². The lowest BCUT2D eigenvalue weighted by Crippen LogP contribution is -2.18. The van der Waals surface area contributed by atoms with Gasteiger partial charge in [0.25, 0.3) is 5.91 Å². The fourth-order valence-electron chi connectivity index (χ4n) is 2.17. The molecule has 2 rings (SSSR count). The van der Waals surface area contributed by atoms with Crippen LogP contribution < -0.4 is 5.32 Å². The second-order valence-corrected chi connectivity index (χ2v) is 5.23. The lowest BCUT2D eigenvalue weighted by Gasteiger charge is -2.12. The lowest BCUT2D eigenvalue weighted by molar-refractivity contribution is -0.136. The first-order valence-electron chi connectivity index (χ1n) is 7.15. The Labute approximate surface area is 150 Å². The molecule has 27 heavy (non-hydrogen) atoms. The van der Waals surface area contributed by atoms with E-state index >= 15 is 0 Å². The molecule has 0 saturated heterocycles. The SMILES string of the molecule is O=C(O)Cc1cc(O)cc(C(=O)Nc2nc(C(=O)O)ccc2C(=O)O)c1O. The standard InChI is InChI=1S/C16H12N2O9/c19-7-3-6(4-11(20)21)12(22)9(5-7)14(23)18-13-8(15(24)25)1-2-10(17-13)16(26)27/h1-3,5,19,22H,4H2,(H,20,21)(H,24,25)(H,26,27)(H,17,18,23). The summed E-state index contributed by atoms with van der Waals surface area (Å²) in [6.45, 7) is 0. The highest BCUT2D eigenvalue weighted by atomic mass is 16.4. The summed E-state index contributed by atoms with van der Waals surface area (Å²) < 4.78 is 0. The molecule has 0 aliphatic rings. The first-order valence-corrected chi connectivity index (χ1v) is 7.15. The van der Waals surface area contributed by atoms with E-state index in [2.05, 4.69) is 4.98 Å². The molecule has 1 heterocycles. The predicted molar refractivity (Wildman–Crippen MR) is 87.2 cm³/mol. The minimum absolute atomic E-state index is 0.252. The molecular weight excluding hydrogens is 364 g/mol. The number of carbonyl (C=O) groups is 4. The third-order valence-corrected chi connectivity index (χ3v) is 3.34. The Morgan fingerprint density at radius 3 is 2.15 bits per heavy atom. The number of phenolic OH excluding ortho intramolecular Hbond substituents is 2. The minimum Gasteiger partial charge on any atom is -0.508 e. The normalized spacial score (nSPS) is 10.2. The van der Waals surface area contributed by atoms with E-state index in [0.29, 0.717) is 0 Å². The summed E-state index contributed by atoms with van der Waals surface area (Å²) >= 11 is 0. The average molecular weight is 376 g/mol. The average Bonchev–Trinajstić information content (AvgIpc) is 2.56. The number of aromatic carboxylic acids is 2. The van der Waals surface area contributed by atoms with Crippen molar-refractivity contribution >= 4 is 29.6 Å². The predicted octanol–water partition coefficient (Wildman–Crippen LogP) is 0.769. The van der Waals surface area contributed by atoms with E-state index in [-0.39, 0.29) is 5.56 Å². The molecule has 1 aromatic carbocycles. The van der Waals surface area contributed by atoms with Crippen molar-refractivity contribution in [1.82, 2.24) is 4.98 Å². The summed E-state index contributed by atoms with van der Waals surface area (Å²) in [7, 11) is 0. The van der Waals surface area contributed by atoms with Crippen LogP contribution in [0.3, 0.4) is 0 Å². The highest BCUT2D eigenvalue weighted by Crippen LogP contribution is 2.29. The van der Waals surface area contributed by atoms with E-state index < -0.39 is 64.4 Å². The van der Waals surface area contributed by atoms with Crippen LogP contribution in [-0.4, -0.2) is 54.3 Å². The minimum atomic E-state index is -1.50. The zero-order chi connectivity index (χ0) is 20.3. The van der Waals surface area contributed by atoms with Gasteiger partial charge in [-0.2, -0.15) is 0 Å². The summed E-state index contributed by atoms with van der Waals surface area (Å²) in [5, 5.41) is 48.6. The van der Waals surface area contributed by atoms with Crippen LogP contribution in [0, 0.1) is 0 Å². The quantitative estimate of drug-likeness (QED) is 0.392. The van der Waals surface area contributed by atoms with Crippen LogP contribution in [0.5, 0.6) is 11.5 Å². The number of phenols is 2. The molecule has 0 fully saturated rings. The van der Waals surface area contributed by atoms with E-state index in [9.17, 15) is 29.4 Å². The number of carbonyl (C=O) groups excluding carboxylic acids is 1. The fraction of sp³-hybridized carbons (Fsp3) is 0.0625. The molecule has 11 heteroatoms. The molecule has 11 nitrogen and oxygen atoms in total. The first kappa shape index (κ1) is 19.2. The van der Waals surface area contributed by atoms with Gasteiger partial charge in [-0.25, -0.2) is 14.6 Å². The summed E-state index contributed by atoms with van der Waals surface area (Å²) in [5.74, 6) is -7.28. The number of carboxylic acid groups (broad SMARTS) is 3. The lowest BCUT2D eigenvalue weighted by atomic mass is 10.0. The molecule has 1 amide bonds. The number of nitrogens with one attached hydrogen (secondary N) is 1. The number of hydrogen-bond acceptors (Lipinski definition) is 7. The van der Waals surface area contributed by atoms with Crippen LogP contribution in [0.15, 0.2) is 24.3 Å². The van der Waals surface area contributed by atoms with Gasteiger partial charge in [-0.15, -0.1) is 0 Å². The number of amides is 1. The van der Waals surface area contributed by atoms with Gasteiger partial charge in [0.2, 0.25) is 0 Å². The van der Waals surface area contributed by atoms with Crippen molar-refractivity contribution < 1.29 is 44.7 Å². The van der Waals surface area contributed by atoms with Crippen molar-refractivity contribution in [3.05, 3.63) is 46.6 Å². The first-order chi connectivity index (χ1) is 12.6. The Kier molecular flexibility index (Phi) is 5.25. The van der Waals surface area contributed by atoms with Crippen molar-refractivity contribution in [2.75, 3.05) is 5.32 Å². The van der Waals surface area contributed by atoms with Crippen molar-refractivity contribution in [3.63, 3.8) is 0 Å². The van der Waals surface area contributed by atoms with Crippen LogP contribution in [0.1, 0.15) is 36.8 Å². The number of anilines is 1. The molecule has 0 spiro atoms. The van der Waals surface area contributed by atoms with Gasteiger partial charge in [0.15, 0.2) is 5.69 Å². The van der Waals surface area contributed by atoms with Gasteiger partial charge in [-0.05, 0) is 24.3 Å². The van der Waals surface area contributed by atoms with Crippen LogP contribution in [0.2, 0.25) is 0 Å². The van der Waals surface area contributed by atoms with E-state index in [1.54, 1.807) is 0 Å². The van der Waals surface area contributed by atoms with Crippen molar-refractivity contribution in [1.29, 1.82) is 0 Å². The van der Waals surface area contributed by atoms with Crippen molar-refractivity contribution in [3.8, 4) is 11.5 Å². The Bertz CT molecular complexity index is 969. The molecule has 140 valence electrons. The summed E-state index contributed by atoms with van der Waals surface area (Å²) in [6.07, 6.45) is -0.687. The maximum absolute atomic E-state index is 12.4. The van der Waals surface area contributed by atoms with Crippen LogP contribution in [0.4, 0.5) is 5.82 Å². The van der Waals surface area contributed by atoms with Gasteiger partial charge < -0.3 is 30.8 Å². The summed E-state index contributed by atoms with van der Waals surface area (Å²) in [5.41, 5.74) is -1.86. The number of aromatic nitrogens is 1. The molecule has 1 aromatic heterocycles. The smallest absolute Gasteiger partial charge is 0.354 e. The van der Waals surface area contributed by atoms with E-state index in [0.717, 1.165) is 24.3 Å². The highest BCUT2D eigenvalue weighted by molar-refractivity contribution is 6.09. The van der Waals surface area contributed by atoms with E-state index in [1.165, 1.54) is 0 Å². The molecule has 2 aromatic rings. The molecule has 6 N–H and O–H groups in total. The summed E-state index contributed by atoms with van der Waals surface area (Å²) in [6, 6.07) is 3.63. The number of carboxylic acids is 3. The fourth-order valence-corrected chi connectivity index (χ4v) is 2.17.